The van der Waals surface area contributed by atoms with Gasteiger partial charge in [0.2, 0.25) is 0 Å². The third-order valence-electron chi connectivity index (χ3n) is 4.85. The van der Waals surface area contributed by atoms with Crippen molar-refractivity contribution >= 4 is 0 Å². The van der Waals surface area contributed by atoms with Gasteiger partial charge in [-0.25, -0.2) is 0 Å². The Balaban J connectivity index is 1.80. The van der Waals surface area contributed by atoms with Gasteiger partial charge in [0, 0.05) is 32.2 Å². The Hall–Kier alpha value is -1.84. The maximum Gasteiger partial charge on any atom is 0.118 e. The second kappa shape index (κ2) is 7.82. The summed E-state index contributed by atoms with van der Waals surface area (Å²) in [6.45, 7) is 9.08. The molecule has 3 rings (SSSR count). The Kier molecular flexibility index (Phi) is 5.54. The molecule has 1 fully saturated rings. The number of nitrogens with one attached hydrogen (secondary N) is 1. The van der Waals surface area contributed by atoms with Gasteiger partial charge in [-0.05, 0) is 34.7 Å². The van der Waals surface area contributed by atoms with Crippen molar-refractivity contribution in [3.05, 3.63) is 54.1 Å². The number of nitrogens with zero attached hydrogens (tertiary/aromatic N) is 1. The molecule has 0 aromatic heterocycles. The SMILES string of the molecule is COc1ccc(-c2ccc(C(C(C)C)N3CCNCC3)cc2)cc1. The number of ether oxygens (including phenoxy) is 1. The molecule has 3 heteroatoms. The lowest BCUT2D eigenvalue weighted by atomic mass is 9.92. The molecular formula is C21H28N2O. The molecule has 1 atom stereocenters. The van der Waals surface area contributed by atoms with Crippen LogP contribution in [0.2, 0.25) is 0 Å². The van der Waals surface area contributed by atoms with Crippen LogP contribution in [0.25, 0.3) is 11.1 Å². The average molecular weight is 324 g/mol. The molecule has 0 aliphatic carbocycles. The van der Waals surface area contributed by atoms with E-state index in [2.05, 4.69) is 60.5 Å². The van der Waals surface area contributed by atoms with Crippen molar-refractivity contribution in [3.8, 4) is 16.9 Å². The first-order chi connectivity index (χ1) is 11.7. The lowest BCUT2D eigenvalue weighted by molar-refractivity contribution is 0.137. The zero-order valence-corrected chi connectivity index (χ0v) is 15.0. The predicted octanol–water partition coefficient (Wildman–Crippen LogP) is 3.96. The molecule has 0 saturated carbocycles. The van der Waals surface area contributed by atoms with Crippen LogP contribution in [0.3, 0.4) is 0 Å². The third-order valence-corrected chi connectivity index (χ3v) is 4.85. The molecule has 0 bridgehead atoms. The summed E-state index contributed by atoms with van der Waals surface area (Å²) in [5, 5.41) is 3.45. The summed E-state index contributed by atoms with van der Waals surface area (Å²) in [6, 6.07) is 17.8. The van der Waals surface area contributed by atoms with E-state index in [4.69, 9.17) is 4.74 Å². The van der Waals surface area contributed by atoms with Crippen LogP contribution in [-0.4, -0.2) is 38.2 Å². The second-order valence-electron chi connectivity index (χ2n) is 6.83. The average Bonchev–Trinajstić information content (AvgIpc) is 2.63. The zero-order chi connectivity index (χ0) is 16.9. The van der Waals surface area contributed by atoms with Gasteiger partial charge in [0.15, 0.2) is 0 Å². The van der Waals surface area contributed by atoms with E-state index < -0.39 is 0 Å². The minimum atomic E-state index is 0.497. The second-order valence-corrected chi connectivity index (χ2v) is 6.83. The predicted molar refractivity (Wildman–Crippen MR) is 100 cm³/mol. The van der Waals surface area contributed by atoms with Gasteiger partial charge in [0.1, 0.15) is 5.75 Å². The van der Waals surface area contributed by atoms with Crippen LogP contribution in [0.4, 0.5) is 0 Å². The Morgan fingerprint density at radius 3 is 1.92 bits per heavy atom. The largest absolute Gasteiger partial charge is 0.497 e. The van der Waals surface area contributed by atoms with Crippen molar-refractivity contribution in [1.82, 2.24) is 10.2 Å². The first-order valence-electron chi connectivity index (χ1n) is 8.88. The van der Waals surface area contributed by atoms with Crippen molar-refractivity contribution in [2.75, 3.05) is 33.3 Å². The topological polar surface area (TPSA) is 24.5 Å². The summed E-state index contributed by atoms with van der Waals surface area (Å²) < 4.78 is 5.24. The van der Waals surface area contributed by atoms with E-state index in [-0.39, 0.29) is 0 Å². The summed E-state index contributed by atoms with van der Waals surface area (Å²) in [4.78, 5) is 2.61. The van der Waals surface area contributed by atoms with Crippen molar-refractivity contribution in [3.63, 3.8) is 0 Å². The summed E-state index contributed by atoms with van der Waals surface area (Å²) >= 11 is 0. The van der Waals surface area contributed by atoms with Crippen molar-refractivity contribution in [2.45, 2.75) is 19.9 Å². The molecule has 0 radical (unpaired) electrons. The van der Waals surface area contributed by atoms with E-state index in [9.17, 15) is 0 Å². The minimum Gasteiger partial charge on any atom is -0.497 e. The molecule has 1 N–H and O–H groups in total. The zero-order valence-electron chi connectivity index (χ0n) is 15.0. The van der Waals surface area contributed by atoms with Crippen LogP contribution in [0.15, 0.2) is 48.5 Å². The molecule has 0 amide bonds. The lowest BCUT2D eigenvalue weighted by Crippen LogP contribution is -2.46. The molecule has 1 aliphatic rings. The maximum absolute atomic E-state index is 5.24. The summed E-state index contributed by atoms with van der Waals surface area (Å²) in [7, 11) is 1.70. The van der Waals surface area contributed by atoms with Crippen LogP contribution in [0, 0.1) is 5.92 Å². The molecule has 0 spiro atoms. The van der Waals surface area contributed by atoms with Gasteiger partial charge in [-0.3, -0.25) is 4.90 Å². The number of hydrogen-bond acceptors (Lipinski definition) is 3. The molecule has 24 heavy (non-hydrogen) atoms. The number of piperazine rings is 1. The van der Waals surface area contributed by atoms with Gasteiger partial charge < -0.3 is 10.1 Å². The molecule has 1 saturated heterocycles. The quantitative estimate of drug-likeness (QED) is 0.901. The fourth-order valence-electron chi connectivity index (χ4n) is 3.63. The van der Waals surface area contributed by atoms with E-state index in [1.807, 2.05) is 12.1 Å². The Bertz CT molecular complexity index is 628. The summed E-state index contributed by atoms with van der Waals surface area (Å²) in [5.41, 5.74) is 3.90. The maximum atomic E-state index is 5.24. The fourth-order valence-corrected chi connectivity index (χ4v) is 3.63. The lowest BCUT2D eigenvalue weighted by Gasteiger charge is -2.37. The van der Waals surface area contributed by atoms with Gasteiger partial charge >= 0.3 is 0 Å². The highest BCUT2D eigenvalue weighted by atomic mass is 16.5. The molecule has 3 nitrogen and oxygen atoms in total. The van der Waals surface area contributed by atoms with E-state index in [1.165, 1.54) is 16.7 Å². The normalized spacial score (nSPS) is 17.0. The number of benzene rings is 2. The number of hydrogen-bond donors (Lipinski definition) is 1. The Morgan fingerprint density at radius 1 is 0.875 bits per heavy atom. The van der Waals surface area contributed by atoms with Crippen LogP contribution in [0.1, 0.15) is 25.5 Å². The van der Waals surface area contributed by atoms with Gasteiger partial charge in [-0.15, -0.1) is 0 Å². The van der Waals surface area contributed by atoms with Crippen LogP contribution in [0.5, 0.6) is 5.75 Å². The van der Waals surface area contributed by atoms with Crippen molar-refractivity contribution in [2.24, 2.45) is 5.92 Å². The third kappa shape index (κ3) is 3.80. The highest BCUT2D eigenvalue weighted by molar-refractivity contribution is 5.64. The fraction of sp³-hybridized carbons (Fsp3) is 0.429. The van der Waals surface area contributed by atoms with E-state index in [0.29, 0.717) is 12.0 Å². The first-order valence-corrected chi connectivity index (χ1v) is 8.88. The molecule has 1 heterocycles. The first kappa shape index (κ1) is 17.0. The molecule has 1 unspecified atom stereocenters. The molecule has 2 aromatic carbocycles. The van der Waals surface area contributed by atoms with Gasteiger partial charge in [0.05, 0.1) is 7.11 Å². The monoisotopic (exact) mass is 324 g/mol. The molecule has 2 aromatic rings. The van der Waals surface area contributed by atoms with Crippen LogP contribution in [-0.2, 0) is 0 Å². The smallest absolute Gasteiger partial charge is 0.118 e. The van der Waals surface area contributed by atoms with E-state index in [0.717, 1.165) is 31.9 Å². The standard InChI is InChI=1S/C21H28N2O/c1-16(2)21(23-14-12-22-13-15-23)19-6-4-17(5-7-19)18-8-10-20(24-3)11-9-18/h4-11,16,21-22H,12-15H2,1-3H3. The number of rotatable bonds is 5. The van der Waals surface area contributed by atoms with E-state index in [1.54, 1.807) is 7.11 Å². The highest BCUT2D eigenvalue weighted by Gasteiger charge is 2.24. The van der Waals surface area contributed by atoms with Gasteiger partial charge in [0.25, 0.3) is 0 Å². The minimum absolute atomic E-state index is 0.497. The van der Waals surface area contributed by atoms with Crippen molar-refractivity contribution < 1.29 is 4.74 Å². The Morgan fingerprint density at radius 2 is 1.42 bits per heavy atom. The van der Waals surface area contributed by atoms with Crippen LogP contribution < -0.4 is 10.1 Å². The molecule has 1 aliphatic heterocycles. The highest BCUT2D eigenvalue weighted by Crippen LogP contribution is 2.31. The summed E-state index contributed by atoms with van der Waals surface area (Å²) in [5.74, 6) is 1.50. The van der Waals surface area contributed by atoms with Gasteiger partial charge in [-0.2, -0.15) is 0 Å². The van der Waals surface area contributed by atoms with Crippen LogP contribution >= 0.6 is 0 Å². The van der Waals surface area contributed by atoms with Gasteiger partial charge in [-0.1, -0.05) is 50.2 Å². The summed E-state index contributed by atoms with van der Waals surface area (Å²) in [6.07, 6.45) is 0. The van der Waals surface area contributed by atoms with E-state index >= 15 is 0 Å². The molecular weight excluding hydrogens is 296 g/mol. The van der Waals surface area contributed by atoms with Crippen molar-refractivity contribution in [1.29, 1.82) is 0 Å². The number of methoxy groups -OCH3 is 1. The Labute approximate surface area is 145 Å². The molecule has 128 valence electrons.